The average Bonchev–Trinajstić information content (AvgIpc) is 3.43. The number of carbonyl (C=O) groups is 1. The molecule has 6 nitrogen and oxygen atoms in total. The van der Waals surface area contributed by atoms with Gasteiger partial charge in [-0.15, -0.1) is 0 Å². The predicted octanol–water partition coefficient (Wildman–Crippen LogP) is 6.32. The Morgan fingerprint density at radius 1 is 1.06 bits per heavy atom. The van der Waals surface area contributed by atoms with E-state index in [4.69, 9.17) is 18.6 Å². The van der Waals surface area contributed by atoms with Crippen LogP contribution in [0.1, 0.15) is 60.7 Å². The van der Waals surface area contributed by atoms with Crippen LogP contribution in [0.2, 0.25) is 0 Å². The highest BCUT2D eigenvalue weighted by Crippen LogP contribution is 2.43. The van der Waals surface area contributed by atoms with Crippen molar-refractivity contribution >= 4 is 5.91 Å². The van der Waals surface area contributed by atoms with Crippen LogP contribution in [-0.2, 0) is 11.3 Å². The summed E-state index contributed by atoms with van der Waals surface area (Å²) in [7, 11) is 3.37. The lowest BCUT2D eigenvalue weighted by Crippen LogP contribution is -2.38. The number of amides is 1. The van der Waals surface area contributed by atoms with Crippen LogP contribution in [0.25, 0.3) is 0 Å². The van der Waals surface area contributed by atoms with Crippen LogP contribution >= 0.6 is 0 Å². The summed E-state index contributed by atoms with van der Waals surface area (Å²) in [4.78, 5) is 15.3. The van der Waals surface area contributed by atoms with Gasteiger partial charge in [-0.2, -0.15) is 0 Å². The third kappa shape index (κ3) is 6.30. The normalized spacial score (nSPS) is 17.8. The Bertz CT molecular complexity index is 1110. The number of methoxy groups -OCH3 is 2. The average molecular weight is 492 g/mol. The number of carbonyl (C=O) groups excluding carboxylic acids is 1. The summed E-state index contributed by atoms with van der Waals surface area (Å²) in [6.45, 7) is 6.14. The maximum Gasteiger partial charge on any atom is 0.289 e. The zero-order valence-electron chi connectivity index (χ0n) is 21.7. The molecule has 1 aromatic heterocycles. The molecular weight excluding hydrogens is 454 g/mol. The number of furan rings is 1. The first-order valence-corrected chi connectivity index (χ1v) is 12.6. The highest BCUT2D eigenvalue weighted by atomic mass is 16.5. The highest BCUT2D eigenvalue weighted by molar-refractivity contribution is 5.91. The maximum atomic E-state index is 13.4. The third-order valence-electron chi connectivity index (χ3n) is 7.10. The second kappa shape index (κ2) is 11.7. The van der Waals surface area contributed by atoms with Crippen LogP contribution in [0, 0.1) is 5.92 Å². The first-order valence-electron chi connectivity index (χ1n) is 12.6. The molecule has 1 aliphatic rings. The fourth-order valence-corrected chi connectivity index (χ4v) is 5.30. The molecule has 1 saturated heterocycles. The molecule has 0 N–H and O–H groups in total. The van der Waals surface area contributed by atoms with Gasteiger partial charge in [0.05, 0.1) is 26.1 Å². The lowest BCUT2D eigenvalue weighted by Gasteiger charge is -2.40. The standard InChI is InChI=1S/C30H37NO5/c1-30(2)20-23(16-19-36-30)25(26-8-5-6-9-27(26)34-4)15-17-31(29(32)28-10-7-18-35-28)21-22-11-13-24(33-3)14-12-22/h5-14,18,23,25H,15-17,19-21H2,1-4H3/t23-,25-/m0/s1. The van der Waals surface area contributed by atoms with Gasteiger partial charge in [-0.1, -0.05) is 30.3 Å². The van der Waals surface area contributed by atoms with Crippen molar-refractivity contribution in [2.24, 2.45) is 5.92 Å². The number of para-hydroxylation sites is 1. The molecule has 3 aromatic rings. The van der Waals surface area contributed by atoms with Gasteiger partial charge in [0.15, 0.2) is 5.76 Å². The molecule has 192 valence electrons. The minimum atomic E-state index is -0.171. The smallest absolute Gasteiger partial charge is 0.289 e. The lowest BCUT2D eigenvalue weighted by molar-refractivity contribution is -0.0775. The number of benzene rings is 2. The first-order chi connectivity index (χ1) is 17.4. The Labute approximate surface area is 214 Å². The summed E-state index contributed by atoms with van der Waals surface area (Å²) < 4.78 is 22.6. The Kier molecular flexibility index (Phi) is 8.36. The van der Waals surface area contributed by atoms with E-state index in [0.29, 0.717) is 24.8 Å². The van der Waals surface area contributed by atoms with Crippen molar-refractivity contribution in [3.8, 4) is 11.5 Å². The zero-order valence-corrected chi connectivity index (χ0v) is 21.7. The van der Waals surface area contributed by atoms with E-state index in [1.165, 1.54) is 5.56 Å². The summed E-state index contributed by atoms with van der Waals surface area (Å²) in [5.74, 6) is 2.58. The van der Waals surface area contributed by atoms with Crippen LogP contribution in [0.4, 0.5) is 0 Å². The Hall–Kier alpha value is -3.25. The number of hydrogen-bond acceptors (Lipinski definition) is 5. The highest BCUT2D eigenvalue weighted by Gasteiger charge is 2.35. The van der Waals surface area contributed by atoms with E-state index < -0.39 is 0 Å². The van der Waals surface area contributed by atoms with Gasteiger partial charge in [0.25, 0.3) is 5.91 Å². The molecule has 0 spiro atoms. The number of ether oxygens (including phenoxy) is 3. The van der Waals surface area contributed by atoms with Crippen LogP contribution in [0.15, 0.2) is 71.3 Å². The molecule has 0 aliphatic carbocycles. The van der Waals surface area contributed by atoms with Gasteiger partial charge in [0, 0.05) is 19.7 Å². The van der Waals surface area contributed by atoms with Gasteiger partial charge in [-0.05, 0) is 86.4 Å². The van der Waals surface area contributed by atoms with Crippen molar-refractivity contribution in [2.75, 3.05) is 27.4 Å². The summed E-state index contributed by atoms with van der Waals surface area (Å²) in [6, 6.07) is 19.6. The fraction of sp³-hybridized carbons (Fsp3) is 0.433. The Balaban J connectivity index is 1.60. The van der Waals surface area contributed by atoms with Crippen molar-refractivity contribution in [1.82, 2.24) is 4.90 Å². The number of rotatable bonds is 10. The molecule has 36 heavy (non-hydrogen) atoms. The van der Waals surface area contributed by atoms with E-state index in [1.54, 1.807) is 32.6 Å². The van der Waals surface area contributed by atoms with Gasteiger partial charge in [-0.25, -0.2) is 0 Å². The number of hydrogen-bond donors (Lipinski definition) is 0. The summed E-state index contributed by atoms with van der Waals surface area (Å²) in [5.41, 5.74) is 2.06. The summed E-state index contributed by atoms with van der Waals surface area (Å²) >= 11 is 0. The summed E-state index contributed by atoms with van der Waals surface area (Å²) in [6.07, 6.45) is 4.29. The molecule has 1 amide bonds. The monoisotopic (exact) mass is 491 g/mol. The lowest BCUT2D eigenvalue weighted by atomic mass is 9.75. The van der Waals surface area contributed by atoms with Crippen molar-refractivity contribution < 1.29 is 23.4 Å². The van der Waals surface area contributed by atoms with Crippen LogP contribution in [0.3, 0.4) is 0 Å². The van der Waals surface area contributed by atoms with Crippen molar-refractivity contribution in [2.45, 2.75) is 51.2 Å². The van der Waals surface area contributed by atoms with Crippen molar-refractivity contribution in [3.63, 3.8) is 0 Å². The zero-order chi connectivity index (χ0) is 25.5. The van der Waals surface area contributed by atoms with Gasteiger partial charge >= 0.3 is 0 Å². The van der Waals surface area contributed by atoms with Crippen molar-refractivity contribution in [1.29, 1.82) is 0 Å². The van der Waals surface area contributed by atoms with Crippen LogP contribution < -0.4 is 9.47 Å². The van der Waals surface area contributed by atoms with Crippen LogP contribution in [0.5, 0.6) is 11.5 Å². The molecule has 2 atom stereocenters. The molecule has 1 fully saturated rings. The number of nitrogens with zero attached hydrogens (tertiary/aromatic N) is 1. The van der Waals surface area contributed by atoms with E-state index in [9.17, 15) is 4.79 Å². The molecular formula is C30H37NO5. The molecule has 0 bridgehead atoms. The largest absolute Gasteiger partial charge is 0.497 e. The van der Waals surface area contributed by atoms with Crippen molar-refractivity contribution in [3.05, 3.63) is 83.8 Å². The quantitative estimate of drug-likeness (QED) is 0.332. The second-order valence-electron chi connectivity index (χ2n) is 10.1. The van der Waals surface area contributed by atoms with E-state index in [-0.39, 0.29) is 17.4 Å². The van der Waals surface area contributed by atoms with E-state index in [2.05, 4.69) is 26.0 Å². The first kappa shape index (κ1) is 25.8. The van der Waals surface area contributed by atoms with E-state index in [1.807, 2.05) is 41.3 Å². The SMILES string of the molecule is COc1ccc(CN(CC[C@H](c2ccccc2OC)[C@H]2CCOC(C)(C)C2)C(=O)c2ccco2)cc1. The molecule has 0 radical (unpaired) electrons. The van der Waals surface area contributed by atoms with Gasteiger partial charge in [-0.3, -0.25) is 4.79 Å². The molecule has 6 heteroatoms. The second-order valence-corrected chi connectivity index (χ2v) is 10.1. The van der Waals surface area contributed by atoms with Gasteiger partial charge < -0.3 is 23.5 Å². The molecule has 0 saturated carbocycles. The molecule has 4 rings (SSSR count). The molecule has 1 aliphatic heterocycles. The Morgan fingerprint density at radius 3 is 2.50 bits per heavy atom. The van der Waals surface area contributed by atoms with Gasteiger partial charge in [0.2, 0.25) is 0 Å². The van der Waals surface area contributed by atoms with E-state index in [0.717, 1.165) is 42.9 Å². The van der Waals surface area contributed by atoms with Crippen LogP contribution in [-0.4, -0.2) is 43.8 Å². The minimum Gasteiger partial charge on any atom is -0.497 e. The predicted molar refractivity (Wildman–Crippen MR) is 140 cm³/mol. The fourth-order valence-electron chi connectivity index (χ4n) is 5.30. The minimum absolute atomic E-state index is 0.109. The molecule has 0 unspecified atom stereocenters. The molecule has 2 heterocycles. The van der Waals surface area contributed by atoms with E-state index >= 15 is 0 Å². The molecule has 2 aromatic carbocycles. The third-order valence-corrected chi connectivity index (χ3v) is 7.10. The summed E-state index contributed by atoms with van der Waals surface area (Å²) in [5, 5.41) is 0. The Morgan fingerprint density at radius 2 is 1.83 bits per heavy atom. The topological polar surface area (TPSA) is 61.1 Å². The van der Waals surface area contributed by atoms with Gasteiger partial charge in [0.1, 0.15) is 11.5 Å². The maximum absolute atomic E-state index is 13.4.